The number of aliphatic hydroxyl groups is 5. The maximum Gasteiger partial charge on any atom is 0.194 e. The van der Waals surface area contributed by atoms with E-state index in [0.29, 0.717) is 0 Å². The van der Waals surface area contributed by atoms with Crippen LogP contribution in [-0.2, 0) is 4.79 Å². The summed E-state index contributed by atoms with van der Waals surface area (Å²) < 4.78 is 0. The van der Waals surface area contributed by atoms with Gasteiger partial charge in [0.1, 0.15) is 12.7 Å². The zero-order valence-corrected chi connectivity index (χ0v) is 6.34. The number of rotatable bonds is 5. The van der Waals surface area contributed by atoms with Crippen molar-refractivity contribution in [1.29, 1.82) is 0 Å². The average Bonchev–Trinajstić information content (AvgIpc) is 2.13. The number of Topliss-reactive ketones (excluding diaryl/α,β-unsaturated/α-hetero) is 1. The molecule has 0 aliphatic rings. The van der Waals surface area contributed by atoms with Gasteiger partial charge in [-0.25, -0.2) is 0 Å². The molecule has 72 valence electrons. The largest absolute Gasteiger partial charge is 0.394 e. The summed E-state index contributed by atoms with van der Waals surface area (Å²) in [5.74, 6) is -1.13. The summed E-state index contributed by atoms with van der Waals surface area (Å²) in [5, 5.41) is 43.3. The molecule has 6 heteroatoms. The first kappa shape index (κ1) is 11.5. The number of carbonyl (C=O) groups excluding carboxylic acids is 1. The zero-order valence-electron chi connectivity index (χ0n) is 6.34. The number of aliphatic hydroxyl groups excluding tert-OH is 4. The van der Waals surface area contributed by atoms with E-state index in [9.17, 15) is 9.90 Å². The van der Waals surface area contributed by atoms with Gasteiger partial charge in [-0.15, -0.1) is 0 Å². The summed E-state index contributed by atoms with van der Waals surface area (Å²) in [4.78, 5) is 10.7. The van der Waals surface area contributed by atoms with Crippen LogP contribution in [0.4, 0.5) is 0 Å². The highest BCUT2D eigenvalue weighted by Gasteiger charge is 2.41. The van der Waals surface area contributed by atoms with E-state index in [2.05, 4.69) is 0 Å². The van der Waals surface area contributed by atoms with Crippen molar-refractivity contribution in [2.75, 3.05) is 19.8 Å². The molecule has 0 heterocycles. The third kappa shape index (κ3) is 1.99. The molecule has 0 aromatic carbocycles. The summed E-state index contributed by atoms with van der Waals surface area (Å²) in [6.45, 7) is -2.93. The third-order valence-corrected chi connectivity index (χ3v) is 1.59. The first-order chi connectivity index (χ1) is 5.52. The fourth-order valence-electron chi connectivity index (χ4n) is 0.667. The van der Waals surface area contributed by atoms with Crippen molar-refractivity contribution in [2.24, 2.45) is 0 Å². The second-order valence-corrected chi connectivity index (χ2v) is 2.36. The number of carbonyl (C=O) groups is 1. The van der Waals surface area contributed by atoms with Gasteiger partial charge >= 0.3 is 0 Å². The normalized spacial score (nSPS) is 18.4. The van der Waals surface area contributed by atoms with Gasteiger partial charge < -0.3 is 25.5 Å². The van der Waals surface area contributed by atoms with Crippen molar-refractivity contribution >= 4 is 5.78 Å². The molecule has 0 rings (SSSR count). The van der Waals surface area contributed by atoms with Crippen LogP contribution < -0.4 is 0 Å². The van der Waals surface area contributed by atoms with Crippen LogP contribution in [0.15, 0.2) is 0 Å². The predicted octanol–water partition coefficient (Wildman–Crippen LogP) is -3.38. The van der Waals surface area contributed by atoms with Crippen molar-refractivity contribution in [3.05, 3.63) is 0 Å². The summed E-state index contributed by atoms with van der Waals surface area (Å²) >= 11 is 0. The molecule has 6 nitrogen and oxygen atoms in total. The summed E-state index contributed by atoms with van der Waals surface area (Å²) in [6.07, 6.45) is -1.79. The lowest BCUT2D eigenvalue weighted by atomic mass is 9.93. The topological polar surface area (TPSA) is 118 Å². The van der Waals surface area contributed by atoms with Crippen LogP contribution in [0.2, 0.25) is 0 Å². The SMILES string of the molecule is O=C(CO)[C@](O)(CO)[C@H](O)CO. The van der Waals surface area contributed by atoms with Crippen LogP contribution >= 0.6 is 0 Å². The molecule has 0 saturated carbocycles. The molecular formula is C6H12O6. The Balaban J connectivity index is 4.54. The lowest BCUT2D eigenvalue weighted by Crippen LogP contribution is -2.55. The van der Waals surface area contributed by atoms with Gasteiger partial charge in [0.25, 0.3) is 0 Å². The highest BCUT2D eigenvalue weighted by Crippen LogP contribution is 2.10. The molecule has 5 N–H and O–H groups in total. The van der Waals surface area contributed by atoms with E-state index in [1.54, 1.807) is 0 Å². The highest BCUT2D eigenvalue weighted by atomic mass is 16.4. The molecule has 0 radical (unpaired) electrons. The highest BCUT2D eigenvalue weighted by molar-refractivity contribution is 5.88. The molecule has 0 bridgehead atoms. The van der Waals surface area contributed by atoms with Crippen molar-refractivity contribution < 1.29 is 30.3 Å². The van der Waals surface area contributed by atoms with E-state index in [0.717, 1.165) is 0 Å². The van der Waals surface area contributed by atoms with E-state index in [-0.39, 0.29) is 0 Å². The third-order valence-electron chi connectivity index (χ3n) is 1.59. The number of hydrogen-bond acceptors (Lipinski definition) is 6. The zero-order chi connectivity index (χ0) is 9.78. The minimum absolute atomic E-state index is 0.872. The Hall–Kier alpha value is -0.530. The van der Waals surface area contributed by atoms with Gasteiger partial charge in [0.05, 0.1) is 13.2 Å². The smallest absolute Gasteiger partial charge is 0.194 e. The van der Waals surface area contributed by atoms with Crippen molar-refractivity contribution in [1.82, 2.24) is 0 Å². The Morgan fingerprint density at radius 1 is 1.33 bits per heavy atom. The minimum atomic E-state index is -2.47. The van der Waals surface area contributed by atoms with Crippen molar-refractivity contribution in [2.45, 2.75) is 11.7 Å². The number of hydrogen-bond donors (Lipinski definition) is 5. The monoisotopic (exact) mass is 180 g/mol. The molecule has 0 spiro atoms. The maximum atomic E-state index is 10.7. The van der Waals surface area contributed by atoms with Gasteiger partial charge in [0, 0.05) is 0 Å². The van der Waals surface area contributed by atoms with E-state index in [4.69, 9.17) is 20.4 Å². The van der Waals surface area contributed by atoms with Crippen molar-refractivity contribution in [3.63, 3.8) is 0 Å². The lowest BCUT2D eigenvalue weighted by Gasteiger charge is -2.27. The molecule has 0 aromatic rings. The molecule has 0 aromatic heterocycles. The van der Waals surface area contributed by atoms with Crippen LogP contribution in [0, 0.1) is 0 Å². The summed E-state index contributed by atoms with van der Waals surface area (Å²) in [7, 11) is 0. The van der Waals surface area contributed by atoms with Gasteiger partial charge in [-0.3, -0.25) is 4.79 Å². The quantitative estimate of drug-likeness (QED) is 0.301. The number of ketones is 1. The van der Waals surface area contributed by atoms with E-state index >= 15 is 0 Å². The molecule has 2 atom stereocenters. The first-order valence-corrected chi connectivity index (χ1v) is 3.29. The second kappa shape index (κ2) is 4.48. The van der Waals surface area contributed by atoms with Crippen LogP contribution in [0.1, 0.15) is 0 Å². The Morgan fingerprint density at radius 3 is 2.08 bits per heavy atom. The molecule has 0 aliphatic heterocycles. The van der Waals surface area contributed by atoms with Gasteiger partial charge in [0.2, 0.25) is 0 Å². The van der Waals surface area contributed by atoms with Crippen LogP contribution in [0.3, 0.4) is 0 Å². The van der Waals surface area contributed by atoms with Crippen LogP contribution in [-0.4, -0.2) is 62.8 Å². The molecule has 0 fully saturated rings. The molecule has 0 aliphatic carbocycles. The molecular weight excluding hydrogens is 168 g/mol. The van der Waals surface area contributed by atoms with Gasteiger partial charge in [-0.2, -0.15) is 0 Å². The van der Waals surface area contributed by atoms with E-state index < -0.39 is 37.3 Å². The Morgan fingerprint density at radius 2 is 1.83 bits per heavy atom. The second-order valence-electron chi connectivity index (χ2n) is 2.36. The molecule has 0 saturated heterocycles. The lowest BCUT2D eigenvalue weighted by molar-refractivity contribution is -0.164. The van der Waals surface area contributed by atoms with Crippen LogP contribution in [0.25, 0.3) is 0 Å². The molecule has 0 amide bonds. The van der Waals surface area contributed by atoms with Gasteiger partial charge in [-0.05, 0) is 0 Å². The standard InChI is InChI=1S/C6H12O6/c7-1-4(10)6(12,3-9)5(11)2-8/h4,7-10,12H,1-3H2/t4-,6+/m1/s1. The van der Waals surface area contributed by atoms with Gasteiger partial charge in [0.15, 0.2) is 11.4 Å². The Labute approximate surface area is 68.7 Å². The Kier molecular flexibility index (Phi) is 4.29. The van der Waals surface area contributed by atoms with Crippen molar-refractivity contribution in [3.8, 4) is 0 Å². The first-order valence-electron chi connectivity index (χ1n) is 3.29. The average molecular weight is 180 g/mol. The van der Waals surface area contributed by atoms with Crippen LogP contribution in [0.5, 0.6) is 0 Å². The fourth-order valence-corrected chi connectivity index (χ4v) is 0.667. The predicted molar refractivity (Wildman–Crippen MR) is 37.2 cm³/mol. The maximum absolute atomic E-state index is 10.7. The molecule has 12 heavy (non-hydrogen) atoms. The molecule has 0 unspecified atom stereocenters. The van der Waals surface area contributed by atoms with E-state index in [1.807, 2.05) is 0 Å². The Bertz CT molecular complexity index is 158. The summed E-state index contributed by atoms with van der Waals surface area (Å²) in [5.41, 5.74) is -2.47. The van der Waals surface area contributed by atoms with E-state index in [1.165, 1.54) is 0 Å². The minimum Gasteiger partial charge on any atom is -0.394 e. The fraction of sp³-hybridized carbons (Fsp3) is 0.833. The summed E-state index contributed by atoms with van der Waals surface area (Å²) in [6, 6.07) is 0. The van der Waals surface area contributed by atoms with Gasteiger partial charge in [-0.1, -0.05) is 0 Å².